The first kappa shape index (κ1) is 10.8. The first-order valence-corrected chi connectivity index (χ1v) is 7.07. The first-order valence-electron chi connectivity index (χ1n) is 5.37. The van der Waals surface area contributed by atoms with E-state index >= 15 is 0 Å². The number of anilines is 1. The molecule has 0 saturated heterocycles. The number of carbonyl (C=O) groups is 1. The van der Waals surface area contributed by atoms with Gasteiger partial charge in [0, 0.05) is 18.0 Å². The molecule has 0 radical (unpaired) electrons. The highest BCUT2D eigenvalue weighted by molar-refractivity contribution is 7.17. The molecule has 2 aromatic heterocycles. The average molecular weight is 265 g/mol. The van der Waals surface area contributed by atoms with Crippen molar-refractivity contribution in [1.82, 2.24) is 0 Å². The van der Waals surface area contributed by atoms with Crippen molar-refractivity contribution in [3.05, 3.63) is 38.9 Å². The van der Waals surface area contributed by atoms with E-state index in [1.54, 1.807) is 6.07 Å². The summed E-state index contributed by atoms with van der Waals surface area (Å²) in [5.41, 5.74) is 1.38. The van der Waals surface area contributed by atoms with E-state index in [4.69, 9.17) is 5.11 Å². The van der Waals surface area contributed by atoms with Gasteiger partial charge < -0.3 is 10.0 Å². The second-order valence-electron chi connectivity index (χ2n) is 3.98. The van der Waals surface area contributed by atoms with Gasteiger partial charge in [-0.1, -0.05) is 0 Å². The third kappa shape index (κ3) is 1.96. The van der Waals surface area contributed by atoms with Crippen LogP contribution in [0.2, 0.25) is 0 Å². The lowest BCUT2D eigenvalue weighted by Crippen LogP contribution is -2.28. The largest absolute Gasteiger partial charge is 0.477 e. The van der Waals surface area contributed by atoms with Crippen LogP contribution in [0.5, 0.6) is 0 Å². The third-order valence-corrected chi connectivity index (χ3v) is 5.08. The van der Waals surface area contributed by atoms with Gasteiger partial charge in [-0.3, -0.25) is 0 Å². The Bertz CT molecular complexity index is 558. The Balaban J connectivity index is 1.84. The fourth-order valence-electron chi connectivity index (χ4n) is 2.05. The minimum Gasteiger partial charge on any atom is -0.477 e. The molecule has 0 spiro atoms. The molecule has 0 amide bonds. The number of hydrogen-bond acceptors (Lipinski definition) is 4. The van der Waals surface area contributed by atoms with Gasteiger partial charge in [0.05, 0.1) is 5.00 Å². The summed E-state index contributed by atoms with van der Waals surface area (Å²) >= 11 is 3.17. The molecule has 2 aromatic rings. The van der Waals surface area contributed by atoms with Gasteiger partial charge in [0.15, 0.2) is 0 Å². The quantitative estimate of drug-likeness (QED) is 0.907. The summed E-state index contributed by atoms with van der Waals surface area (Å²) in [6.07, 6.45) is 1.06. The lowest BCUT2D eigenvalue weighted by Gasteiger charge is -2.27. The average Bonchev–Trinajstić information content (AvgIpc) is 2.97. The summed E-state index contributed by atoms with van der Waals surface area (Å²) < 4.78 is 0. The van der Waals surface area contributed by atoms with Crippen molar-refractivity contribution in [2.45, 2.75) is 13.0 Å². The number of carboxylic acid groups (broad SMARTS) is 1. The SMILES string of the molecule is O=C(O)c1ccc(N2CCc3sccc3C2)s1. The molecule has 0 saturated carbocycles. The summed E-state index contributed by atoms with van der Waals surface area (Å²) in [6, 6.07) is 5.76. The van der Waals surface area contributed by atoms with E-state index in [-0.39, 0.29) is 0 Å². The molecule has 0 atom stereocenters. The number of nitrogens with zero attached hydrogens (tertiary/aromatic N) is 1. The Morgan fingerprint density at radius 2 is 2.24 bits per heavy atom. The van der Waals surface area contributed by atoms with Crippen molar-refractivity contribution in [2.75, 3.05) is 11.4 Å². The van der Waals surface area contributed by atoms with Crippen LogP contribution in [0, 0.1) is 0 Å². The van der Waals surface area contributed by atoms with Crippen LogP contribution in [0.1, 0.15) is 20.1 Å². The highest BCUT2D eigenvalue weighted by Crippen LogP contribution is 2.32. The van der Waals surface area contributed by atoms with Crippen LogP contribution in [0.3, 0.4) is 0 Å². The van der Waals surface area contributed by atoms with Gasteiger partial charge in [-0.15, -0.1) is 22.7 Å². The molecule has 0 aromatic carbocycles. The minimum absolute atomic E-state index is 0.413. The molecule has 0 bridgehead atoms. The van der Waals surface area contributed by atoms with Crippen LogP contribution in [-0.4, -0.2) is 17.6 Å². The van der Waals surface area contributed by atoms with Crippen molar-refractivity contribution in [1.29, 1.82) is 0 Å². The molecule has 1 aliphatic heterocycles. The van der Waals surface area contributed by atoms with E-state index in [9.17, 15) is 4.79 Å². The Kier molecular flexibility index (Phi) is 2.64. The van der Waals surface area contributed by atoms with E-state index in [1.807, 2.05) is 17.4 Å². The number of aromatic carboxylic acids is 1. The Morgan fingerprint density at radius 3 is 3.00 bits per heavy atom. The topological polar surface area (TPSA) is 40.5 Å². The number of hydrogen-bond donors (Lipinski definition) is 1. The molecule has 0 unspecified atom stereocenters. The Morgan fingerprint density at radius 1 is 1.35 bits per heavy atom. The zero-order chi connectivity index (χ0) is 11.8. The lowest BCUT2D eigenvalue weighted by molar-refractivity contribution is 0.0702. The fourth-order valence-corrected chi connectivity index (χ4v) is 3.81. The molecule has 0 fully saturated rings. The molecule has 1 aliphatic rings. The lowest BCUT2D eigenvalue weighted by atomic mass is 10.1. The number of fused-ring (bicyclic) bond motifs is 1. The van der Waals surface area contributed by atoms with Crippen molar-refractivity contribution in [2.24, 2.45) is 0 Å². The fraction of sp³-hybridized carbons (Fsp3) is 0.250. The highest BCUT2D eigenvalue weighted by Gasteiger charge is 2.19. The molecule has 3 nitrogen and oxygen atoms in total. The van der Waals surface area contributed by atoms with E-state index in [2.05, 4.69) is 16.3 Å². The number of thiophene rings is 2. The molecule has 0 aliphatic carbocycles. The molecule has 1 N–H and O–H groups in total. The van der Waals surface area contributed by atoms with Crippen molar-refractivity contribution in [3.8, 4) is 0 Å². The summed E-state index contributed by atoms with van der Waals surface area (Å²) in [5.74, 6) is -0.838. The standard InChI is InChI=1S/C12H11NO2S2/c14-12(15)10-1-2-11(17-10)13-5-3-9-8(7-13)4-6-16-9/h1-2,4,6H,3,5,7H2,(H,14,15). The second-order valence-corrected chi connectivity index (χ2v) is 6.05. The molecule has 3 heterocycles. The van der Waals surface area contributed by atoms with E-state index in [1.165, 1.54) is 21.8 Å². The number of carboxylic acids is 1. The molecule has 3 rings (SSSR count). The third-order valence-electron chi connectivity index (χ3n) is 2.92. The van der Waals surface area contributed by atoms with Crippen molar-refractivity contribution < 1.29 is 9.90 Å². The zero-order valence-electron chi connectivity index (χ0n) is 9.05. The molecular weight excluding hydrogens is 254 g/mol. The van der Waals surface area contributed by atoms with Crippen molar-refractivity contribution in [3.63, 3.8) is 0 Å². The molecular formula is C12H11NO2S2. The van der Waals surface area contributed by atoms with Gasteiger partial charge in [-0.05, 0) is 35.6 Å². The maximum atomic E-state index is 10.8. The second kappa shape index (κ2) is 4.16. The molecule has 5 heteroatoms. The van der Waals surface area contributed by atoms with Gasteiger partial charge >= 0.3 is 5.97 Å². The maximum Gasteiger partial charge on any atom is 0.345 e. The van der Waals surface area contributed by atoms with Gasteiger partial charge in [0.25, 0.3) is 0 Å². The van der Waals surface area contributed by atoms with Crippen LogP contribution in [0.25, 0.3) is 0 Å². The summed E-state index contributed by atoms with van der Waals surface area (Å²) in [7, 11) is 0. The Hall–Kier alpha value is -1.33. The first-order chi connectivity index (χ1) is 8.24. The Labute approximate surface area is 107 Å². The molecule has 17 heavy (non-hydrogen) atoms. The van der Waals surface area contributed by atoms with Crippen LogP contribution in [-0.2, 0) is 13.0 Å². The van der Waals surface area contributed by atoms with Crippen LogP contribution in [0.15, 0.2) is 23.6 Å². The summed E-state index contributed by atoms with van der Waals surface area (Å²) in [5, 5.41) is 12.1. The van der Waals surface area contributed by atoms with Gasteiger partial charge in [-0.25, -0.2) is 4.79 Å². The predicted molar refractivity (Wildman–Crippen MR) is 70.4 cm³/mol. The van der Waals surface area contributed by atoms with Crippen molar-refractivity contribution >= 4 is 33.6 Å². The molecule has 88 valence electrons. The van der Waals surface area contributed by atoms with Crippen LogP contribution < -0.4 is 4.90 Å². The predicted octanol–water partition coefficient (Wildman–Crippen LogP) is 3.07. The smallest absolute Gasteiger partial charge is 0.345 e. The van der Waals surface area contributed by atoms with Crippen LogP contribution in [0.4, 0.5) is 5.00 Å². The summed E-state index contributed by atoms with van der Waals surface area (Å²) in [4.78, 5) is 15.0. The van der Waals surface area contributed by atoms with Gasteiger partial charge in [0.2, 0.25) is 0 Å². The normalized spacial score (nSPS) is 14.7. The van der Waals surface area contributed by atoms with Gasteiger partial charge in [-0.2, -0.15) is 0 Å². The number of rotatable bonds is 2. The van der Waals surface area contributed by atoms with E-state index < -0.39 is 5.97 Å². The highest BCUT2D eigenvalue weighted by atomic mass is 32.1. The van der Waals surface area contributed by atoms with E-state index in [0.717, 1.165) is 24.5 Å². The monoisotopic (exact) mass is 265 g/mol. The minimum atomic E-state index is -0.838. The zero-order valence-corrected chi connectivity index (χ0v) is 10.7. The van der Waals surface area contributed by atoms with Gasteiger partial charge in [0.1, 0.15) is 4.88 Å². The summed E-state index contributed by atoms with van der Waals surface area (Å²) in [6.45, 7) is 1.88. The maximum absolute atomic E-state index is 10.8. The van der Waals surface area contributed by atoms with Crippen LogP contribution >= 0.6 is 22.7 Å². The van der Waals surface area contributed by atoms with E-state index in [0.29, 0.717) is 4.88 Å².